The van der Waals surface area contributed by atoms with Gasteiger partial charge in [0.15, 0.2) is 5.78 Å². The van der Waals surface area contributed by atoms with Crippen LogP contribution in [0.15, 0.2) is 66.9 Å². The molecule has 5 heteroatoms. The first-order chi connectivity index (χ1) is 17.5. The number of Topliss-reactive ketones (excluding diaryl/α,β-unsaturated/α-hetero) is 1. The van der Waals surface area contributed by atoms with Gasteiger partial charge in [-0.2, -0.15) is 0 Å². The van der Waals surface area contributed by atoms with E-state index in [-0.39, 0.29) is 19.0 Å². The first-order valence-corrected chi connectivity index (χ1v) is 12.6. The molecule has 184 valence electrons. The monoisotopic (exact) mass is 480 g/mol. The topological polar surface area (TPSA) is 73.7 Å². The lowest BCUT2D eigenvalue weighted by molar-refractivity contribution is 0.0993. The molecule has 1 aromatic heterocycles. The SMILES string of the molecule is CC(C)c1cccc(CC(=O)c2cccc(N3CCc4c(cnc5cc(CO)c(CO)cc45)C3)c2)c1. The predicted molar refractivity (Wildman–Crippen MR) is 143 cm³/mol. The second-order valence-corrected chi connectivity index (χ2v) is 9.94. The van der Waals surface area contributed by atoms with Crippen LogP contribution < -0.4 is 4.90 Å². The van der Waals surface area contributed by atoms with Crippen LogP contribution in [0.1, 0.15) is 63.5 Å². The molecule has 4 aromatic rings. The molecule has 0 bridgehead atoms. The number of benzene rings is 3. The lowest BCUT2D eigenvalue weighted by atomic mass is 9.93. The number of nitrogens with zero attached hydrogens (tertiary/aromatic N) is 2. The van der Waals surface area contributed by atoms with Crippen molar-refractivity contribution in [3.63, 3.8) is 0 Å². The lowest BCUT2D eigenvalue weighted by Crippen LogP contribution is -2.30. The van der Waals surface area contributed by atoms with E-state index in [1.165, 1.54) is 11.1 Å². The maximum Gasteiger partial charge on any atom is 0.167 e. The van der Waals surface area contributed by atoms with E-state index in [2.05, 4.69) is 41.9 Å². The Kier molecular flexibility index (Phi) is 6.86. The number of carbonyl (C=O) groups excluding carboxylic acids is 1. The highest BCUT2D eigenvalue weighted by Gasteiger charge is 2.21. The summed E-state index contributed by atoms with van der Waals surface area (Å²) in [6, 6.07) is 20.1. The van der Waals surface area contributed by atoms with Crippen LogP contribution in [0, 0.1) is 0 Å². The largest absolute Gasteiger partial charge is 0.392 e. The number of aromatic nitrogens is 1. The number of anilines is 1. The summed E-state index contributed by atoms with van der Waals surface area (Å²) in [7, 11) is 0. The zero-order valence-electron chi connectivity index (χ0n) is 20.9. The number of pyridine rings is 1. The van der Waals surface area contributed by atoms with Crippen molar-refractivity contribution in [1.82, 2.24) is 4.98 Å². The van der Waals surface area contributed by atoms with E-state index in [0.717, 1.165) is 51.8 Å². The van der Waals surface area contributed by atoms with Crippen LogP contribution >= 0.6 is 0 Å². The maximum atomic E-state index is 13.1. The Morgan fingerprint density at radius 3 is 2.56 bits per heavy atom. The molecule has 0 saturated heterocycles. The van der Waals surface area contributed by atoms with Crippen LogP contribution in [0.5, 0.6) is 0 Å². The van der Waals surface area contributed by atoms with Crippen molar-refractivity contribution in [3.8, 4) is 0 Å². The summed E-state index contributed by atoms with van der Waals surface area (Å²) in [5, 5.41) is 20.4. The van der Waals surface area contributed by atoms with Crippen molar-refractivity contribution in [3.05, 3.63) is 106 Å². The molecular weight excluding hydrogens is 448 g/mol. The smallest absolute Gasteiger partial charge is 0.167 e. The fourth-order valence-corrected chi connectivity index (χ4v) is 5.13. The molecule has 1 aliphatic heterocycles. The van der Waals surface area contributed by atoms with Gasteiger partial charge in [0.25, 0.3) is 0 Å². The van der Waals surface area contributed by atoms with Crippen molar-refractivity contribution < 1.29 is 15.0 Å². The van der Waals surface area contributed by atoms with E-state index < -0.39 is 0 Å². The van der Waals surface area contributed by atoms with Gasteiger partial charge >= 0.3 is 0 Å². The Hall–Kier alpha value is -3.54. The van der Waals surface area contributed by atoms with Crippen LogP contribution in [0.2, 0.25) is 0 Å². The van der Waals surface area contributed by atoms with E-state index in [1.54, 1.807) is 0 Å². The third kappa shape index (κ3) is 4.77. The highest BCUT2D eigenvalue weighted by molar-refractivity contribution is 5.98. The number of aliphatic hydroxyl groups is 2. The fourth-order valence-electron chi connectivity index (χ4n) is 5.13. The van der Waals surface area contributed by atoms with Gasteiger partial charge < -0.3 is 15.1 Å². The predicted octanol–water partition coefficient (Wildman–Crippen LogP) is 5.33. The summed E-state index contributed by atoms with van der Waals surface area (Å²) in [4.78, 5) is 20.1. The first-order valence-electron chi connectivity index (χ1n) is 12.6. The number of hydrogen-bond donors (Lipinski definition) is 2. The number of carbonyl (C=O) groups is 1. The van der Waals surface area contributed by atoms with Crippen LogP contribution in [0.25, 0.3) is 10.9 Å². The molecule has 3 aromatic carbocycles. The van der Waals surface area contributed by atoms with E-state index in [0.29, 0.717) is 24.4 Å². The Bertz CT molecular complexity index is 1430. The van der Waals surface area contributed by atoms with Gasteiger partial charge in [-0.1, -0.05) is 50.2 Å². The van der Waals surface area contributed by atoms with Gasteiger partial charge in [0.1, 0.15) is 0 Å². The van der Waals surface area contributed by atoms with Crippen LogP contribution in [-0.2, 0) is 32.6 Å². The van der Waals surface area contributed by atoms with Gasteiger partial charge in [-0.15, -0.1) is 0 Å². The molecule has 2 N–H and O–H groups in total. The number of fused-ring (bicyclic) bond motifs is 3. The number of aliphatic hydroxyl groups excluding tert-OH is 2. The second kappa shape index (κ2) is 10.2. The molecule has 36 heavy (non-hydrogen) atoms. The zero-order valence-corrected chi connectivity index (χ0v) is 20.9. The van der Waals surface area contributed by atoms with Crippen molar-refractivity contribution >= 4 is 22.4 Å². The Morgan fingerprint density at radius 1 is 1.00 bits per heavy atom. The van der Waals surface area contributed by atoms with E-state index in [9.17, 15) is 15.0 Å². The molecule has 0 spiro atoms. The summed E-state index contributed by atoms with van der Waals surface area (Å²) in [6.45, 7) is 5.65. The lowest BCUT2D eigenvalue weighted by Gasteiger charge is -2.31. The maximum absolute atomic E-state index is 13.1. The van der Waals surface area contributed by atoms with Gasteiger partial charge in [-0.3, -0.25) is 9.78 Å². The molecule has 2 heterocycles. The standard InChI is InChI=1S/C31H32N2O3/c1-20(2)22-6-3-5-21(11-22)12-31(36)23-7-4-8-27(13-23)33-10-9-28-26(17-33)16-32-30-15-25(19-35)24(18-34)14-29(28)30/h3-8,11,13-16,20,34-35H,9-10,12,17-19H2,1-2H3. The molecular formula is C31H32N2O3. The summed E-state index contributed by atoms with van der Waals surface area (Å²) < 4.78 is 0. The molecule has 5 rings (SSSR count). The third-order valence-electron chi connectivity index (χ3n) is 7.24. The minimum absolute atomic E-state index is 0.107. The van der Waals surface area contributed by atoms with Gasteiger partial charge in [-0.05, 0) is 70.0 Å². The van der Waals surface area contributed by atoms with E-state index in [4.69, 9.17) is 0 Å². The summed E-state index contributed by atoms with van der Waals surface area (Å²) in [5.41, 5.74) is 8.76. The number of ketones is 1. The highest BCUT2D eigenvalue weighted by Crippen LogP contribution is 2.31. The van der Waals surface area contributed by atoms with Crippen molar-refractivity contribution in [1.29, 1.82) is 0 Å². The van der Waals surface area contributed by atoms with Gasteiger partial charge in [0.05, 0.1) is 18.7 Å². The van der Waals surface area contributed by atoms with Crippen molar-refractivity contribution in [2.45, 2.75) is 52.4 Å². The molecule has 0 amide bonds. The van der Waals surface area contributed by atoms with Gasteiger partial charge in [0, 0.05) is 42.3 Å². The van der Waals surface area contributed by atoms with Gasteiger partial charge in [-0.25, -0.2) is 0 Å². The molecule has 5 nitrogen and oxygen atoms in total. The third-order valence-corrected chi connectivity index (χ3v) is 7.24. The summed E-state index contributed by atoms with van der Waals surface area (Å²) in [5.74, 6) is 0.558. The fraction of sp³-hybridized carbons (Fsp3) is 0.290. The summed E-state index contributed by atoms with van der Waals surface area (Å²) >= 11 is 0. The molecule has 0 saturated carbocycles. The van der Waals surface area contributed by atoms with Gasteiger partial charge in [0.2, 0.25) is 0 Å². The second-order valence-electron chi connectivity index (χ2n) is 9.94. The van der Waals surface area contributed by atoms with Crippen molar-refractivity contribution in [2.75, 3.05) is 11.4 Å². The van der Waals surface area contributed by atoms with Crippen LogP contribution in [-0.4, -0.2) is 27.5 Å². The molecule has 0 aliphatic carbocycles. The number of hydrogen-bond acceptors (Lipinski definition) is 5. The Labute approximate surface area is 212 Å². The normalized spacial score (nSPS) is 13.3. The highest BCUT2D eigenvalue weighted by atomic mass is 16.3. The summed E-state index contributed by atoms with van der Waals surface area (Å²) in [6.07, 6.45) is 3.16. The number of rotatable bonds is 7. The quantitative estimate of drug-likeness (QED) is 0.350. The Morgan fingerprint density at radius 2 is 1.78 bits per heavy atom. The van der Waals surface area contributed by atoms with E-state index in [1.807, 2.05) is 48.7 Å². The van der Waals surface area contributed by atoms with Crippen molar-refractivity contribution in [2.24, 2.45) is 0 Å². The minimum atomic E-state index is -0.114. The van der Waals surface area contributed by atoms with Crippen LogP contribution in [0.3, 0.4) is 0 Å². The molecule has 0 atom stereocenters. The molecule has 0 unspecified atom stereocenters. The molecule has 0 fully saturated rings. The average Bonchev–Trinajstić information content (AvgIpc) is 2.92. The van der Waals surface area contributed by atoms with Crippen LogP contribution in [0.4, 0.5) is 5.69 Å². The van der Waals surface area contributed by atoms with E-state index >= 15 is 0 Å². The molecule has 0 radical (unpaired) electrons. The minimum Gasteiger partial charge on any atom is -0.392 e. The Balaban J connectivity index is 1.37. The zero-order chi connectivity index (χ0) is 25.2. The average molecular weight is 481 g/mol. The first kappa shape index (κ1) is 24.2. The molecule has 1 aliphatic rings.